The van der Waals surface area contributed by atoms with E-state index in [-0.39, 0.29) is 47.8 Å². The van der Waals surface area contributed by atoms with Crippen molar-refractivity contribution in [2.75, 3.05) is 27.4 Å². The summed E-state index contributed by atoms with van der Waals surface area (Å²) < 4.78 is 23.9. The van der Waals surface area contributed by atoms with Crippen molar-refractivity contribution < 1.29 is 18.9 Å². The van der Waals surface area contributed by atoms with Crippen LogP contribution in [0.25, 0.3) is 21.5 Å². The smallest absolute Gasteiger partial charge is 0.261 e. The Morgan fingerprint density at radius 1 is 0.526 bits per heavy atom. The molecule has 3 aromatic carbocycles. The Morgan fingerprint density at radius 3 is 1.16 bits per heavy atom. The van der Waals surface area contributed by atoms with Gasteiger partial charge in [-0.05, 0) is 36.4 Å². The van der Waals surface area contributed by atoms with E-state index in [1.165, 1.54) is 26.4 Å². The normalized spacial score (nSPS) is 11.2. The Bertz CT molecular complexity index is 1630. The maximum atomic E-state index is 13.0. The van der Waals surface area contributed by atoms with Gasteiger partial charge in [-0.2, -0.15) is 0 Å². The number of ether oxygens (including phenoxy) is 4. The zero-order valence-corrected chi connectivity index (χ0v) is 20.8. The van der Waals surface area contributed by atoms with E-state index in [0.29, 0.717) is 23.0 Å². The number of benzene rings is 3. The molecule has 2 aromatic heterocycles. The minimum absolute atomic E-state index is 0.0105. The molecule has 0 aliphatic heterocycles. The summed E-state index contributed by atoms with van der Waals surface area (Å²) in [7, 11) is 3.03. The lowest BCUT2D eigenvalue weighted by Crippen LogP contribution is -2.28. The molecule has 5 rings (SSSR count). The summed E-state index contributed by atoms with van der Waals surface area (Å²) in [6, 6.07) is 16.7. The van der Waals surface area contributed by atoms with Gasteiger partial charge in [-0.1, -0.05) is 24.3 Å². The zero-order chi connectivity index (χ0) is 26.8. The molecule has 10 nitrogen and oxygen atoms in total. The molecule has 0 saturated heterocycles. The first kappa shape index (κ1) is 24.8. The van der Waals surface area contributed by atoms with Gasteiger partial charge in [0.1, 0.15) is 13.2 Å². The first-order valence-corrected chi connectivity index (χ1v) is 11.9. The van der Waals surface area contributed by atoms with Crippen LogP contribution in [0.1, 0.15) is 0 Å². The van der Waals surface area contributed by atoms with Crippen molar-refractivity contribution >= 4 is 21.5 Å². The van der Waals surface area contributed by atoms with Crippen LogP contribution >= 0.6 is 0 Å². The van der Waals surface area contributed by atoms with Crippen LogP contribution in [0.5, 0.6) is 23.0 Å². The Hall–Kier alpha value is -4.86. The summed E-state index contributed by atoms with van der Waals surface area (Å²) in [5.74, 6) is 2.02. The summed E-state index contributed by atoms with van der Waals surface area (Å²) in [6.45, 7) is 0.0690. The summed E-state index contributed by atoms with van der Waals surface area (Å²) in [6.07, 6.45) is 0. The van der Waals surface area contributed by atoms with Gasteiger partial charge in [-0.3, -0.25) is 28.3 Å². The minimum atomic E-state index is -0.547. The first-order chi connectivity index (χ1) is 18.4. The Morgan fingerprint density at radius 2 is 0.842 bits per heavy atom. The van der Waals surface area contributed by atoms with Gasteiger partial charge in [0, 0.05) is 0 Å². The fourth-order valence-corrected chi connectivity index (χ4v) is 4.45. The molecule has 0 saturated carbocycles. The molecule has 0 atom stereocenters. The monoisotopic (exact) mass is 516 g/mol. The summed E-state index contributed by atoms with van der Waals surface area (Å²) in [5, 5.41) is 0.331. The highest BCUT2D eigenvalue weighted by molar-refractivity contribution is 5.97. The molecule has 0 unspecified atom stereocenters. The third-order valence-corrected chi connectivity index (χ3v) is 6.34. The van der Waals surface area contributed by atoms with Crippen LogP contribution in [0.3, 0.4) is 0 Å². The second-order valence-corrected chi connectivity index (χ2v) is 8.47. The number of rotatable bonds is 10. The van der Waals surface area contributed by atoms with E-state index < -0.39 is 22.2 Å². The molecule has 38 heavy (non-hydrogen) atoms. The summed E-state index contributed by atoms with van der Waals surface area (Å²) in [5.41, 5.74) is -2.19. The topological polar surface area (TPSA) is 115 Å². The van der Waals surface area contributed by atoms with E-state index in [1.807, 2.05) is 0 Å². The molecule has 10 heteroatoms. The van der Waals surface area contributed by atoms with Crippen LogP contribution in [0.15, 0.2) is 79.8 Å². The van der Waals surface area contributed by atoms with Gasteiger partial charge in [0.05, 0.1) is 48.9 Å². The molecule has 2 heterocycles. The van der Waals surface area contributed by atoms with Gasteiger partial charge in [0.15, 0.2) is 23.0 Å². The molecule has 0 bridgehead atoms. The van der Waals surface area contributed by atoms with Crippen LogP contribution in [0, 0.1) is 0 Å². The third kappa shape index (κ3) is 4.30. The van der Waals surface area contributed by atoms with Gasteiger partial charge in [0.2, 0.25) is 0 Å². The van der Waals surface area contributed by atoms with Crippen LogP contribution in [0.4, 0.5) is 0 Å². The number of hydrogen-bond acceptors (Lipinski definition) is 8. The molecule has 0 aliphatic rings. The highest BCUT2D eigenvalue weighted by Gasteiger charge is 2.19. The molecule has 0 spiro atoms. The van der Waals surface area contributed by atoms with Gasteiger partial charge >= 0.3 is 0 Å². The molecule has 0 radical (unpaired) electrons. The van der Waals surface area contributed by atoms with Crippen LogP contribution in [-0.4, -0.2) is 36.6 Å². The molecule has 0 aliphatic carbocycles. The van der Waals surface area contributed by atoms with Crippen LogP contribution < -0.4 is 41.2 Å². The number of para-hydroxylation sites is 4. The molecule has 0 amide bonds. The molecule has 0 N–H and O–H groups in total. The van der Waals surface area contributed by atoms with Crippen molar-refractivity contribution in [2.24, 2.45) is 0 Å². The quantitative estimate of drug-likeness (QED) is 0.277. The second-order valence-electron chi connectivity index (χ2n) is 8.47. The maximum Gasteiger partial charge on any atom is 0.261 e. The van der Waals surface area contributed by atoms with E-state index in [4.69, 9.17) is 18.9 Å². The van der Waals surface area contributed by atoms with E-state index in [0.717, 1.165) is 9.13 Å². The Labute approximate surface area is 215 Å². The van der Waals surface area contributed by atoms with E-state index in [2.05, 4.69) is 0 Å². The van der Waals surface area contributed by atoms with E-state index in [1.54, 1.807) is 48.5 Å². The van der Waals surface area contributed by atoms with Crippen molar-refractivity contribution in [3.8, 4) is 23.0 Å². The molecule has 194 valence electrons. The fraction of sp³-hybridized carbons (Fsp3) is 0.214. The Balaban J connectivity index is 1.40. The summed E-state index contributed by atoms with van der Waals surface area (Å²) in [4.78, 5) is 52.1. The predicted molar refractivity (Wildman–Crippen MR) is 142 cm³/mol. The van der Waals surface area contributed by atoms with E-state index in [9.17, 15) is 19.2 Å². The molecular weight excluding hydrogens is 492 g/mol. The Kier molecular flexibility index (Phi) is 6.69. The van der Waals surface area contributed by atoms with Gasteiger partial charge < -0.3 is 18.9 Å². The molecular formula is C28H24N2O8. The fourth-order valence-electron chi connectivity index (χ4n) is 4.45. The highest BCUT2D eigenvalue weighted by atomic mass is 16.5. The van der Waals surface area contributed by atoms with E-state index >= 15 is 0 Å². The highest BCUT2D eigenvalue weighted by Crippen LogP contribution is 2.26. The predicted octanol–water partition coefficient (Wildman–Crippen LogP) is 2.09. The van der Waals surface area contributed by atoms with Crippen molar-refractivity contribution in [3.05, 3.63) is 102 Å². The van der Waals surface area contributed by atoms with Crippen molar-refractivity contribution in [1.29, 1.82) is 0 Å². The maximum absolute atomic E-state index is 13.0. The lowest BCUT2D eigenvalue weighted by molar-refractivity contribution is 0.277. The molecule has 5 aromatic rings. The van der Waals surface area contributed by atoms with Gasteiger partial charge in [-0.25, -0.2) is 0 Å². The number of hydrogen-bond donors (Lipinski definition) is 0. The van der Waals surface area contributed by atoms with Crippen molar-refractivity contribution in [3.63, 3.8) is 0 Å². The lowest BCUT2D eigenvalue weighted by Gasteiger charge is -2.10. The average molecular weight is 517 g/mol. The largest absolute Gasteiger partial charge is 0.493 e. The van der Waals surface area contributed by atoms with Crippen LogP contribution in [-0.2, 0) is 13.1 Å². The second kappa shape index (κ2) is 10.3. The third-order valence-electron chi connectivity index (χ3n) is 6.34. The number of fused-ring (bicyclic) bond motifs is 2. The van der Waals surface area contributed by atoms with Crippen molar-refractivity contribution in [1.82, 2.24) is 9.13 Å². The number of aromatic nitrogens is 2. The van der Waals surface area contributed by atoms with Crippen molar-refractivity contribution in [2.45, 2.75) is 13.1 Å². The standard InChI is InChI=1S/C28H24N2O8/c1-35-21-7-3-5-9-23(21)37-13-11-29-25(31)17-15-19-20(16-18(17)26(29)32)28(34)30(27(19)33)12-14-38-24-10-6-4-8-22(24)36-2/h3-10,15-16H,11-14H2,1-2H3. The van der Waals surface area contributed by atoms with Gasteiger partial charge in [-0.15, -0.1) is 0 Å². The number of nitrogens with zero attached hydrogens (tertiary/aromatic N) is 2. The number of methoxy groups -OCH3 is 2. The lowest BCUT2D eigenvalue weighted by atomic mass is 10.1. The SMILES string of the molecule is COc1ccccc1OCCn1c(=O)c2cc3c(=O)n(CCOc4ccccc4OC)c(=O)c3cc2c1=O. The average Bonchev–Trinajstić information content (AvgIpc) is 3.32. The van der Waals surface area contributed by atoms with Crippen LogP contribution in [0.2, 0.25) is 0 Å². The first-order valence-electron chi connectivity index (χ1n) is 11.9. The molecule has 0 fully saturated rings. The zero-order valence-electron chi connectivity index (χ0n) is 20.8. The van der Waals surface area contributed by atoms with Gasteiger partial charge in [0.25, 0.3) is 22.2 Å². The summed E-state index contributed by atoms with van der Waals surface area (Å²) >= 11 is 0. The minimum Gasteiger partial charge on any atom is -0.493 e.